The maximum Gasteiger partial charge on any atom is 0.416 e. The SMILES string of the molecule is Cc1nc(-c2cccc(C(F)(F)F)c2)nc(N2CCN(S(=O)(=O)c3ccc(F)cc3)CC2)c1C. The molecule has 0 atom stereocenters. The highest BCUT2D eigenvalue weighted by Gasteiger charge is 2.32. The number of aryl methyl sites for hydroxylation is 1. The van der Waals surface area contributed by atoms with Gasteiger partial charge in [0.15, 0.2) is 5.82 Å². The van der Waals surface area contributed by atoms with Crippen LogP contribution in [0.3, 0.4) is 0 Å². The van der Waals surface area contributed by atoms with Gasteiger partial charge >= 0.3 is 6.18 Å². The molecule has 3 aromatic rings. The summed E-state index contributed by atoms with van der Waals surface area (Å²) in [4.78, 5) is 10.8. The Bertz CT molecular complexity index is 1300. The van der Waals surface area contributed by atoms with Crippen LogP contribution in [0.1, 0.15) is 16.8 Å². The van der Waals surface area contributed by atoms with Crippen molar-refractivity contribution < 1.29 is 26.0 Å². The van der Waals surface area contributed by atoms with Gasteiger partial charge in [-0.15, -0.1) is 0 Å². The average Bonchev–Trinajstić information content (AvgIpc) is 2.81. The number of hydrogen-bond donors (Lipinski definition) is 0. The fourth-order valence-corrected chi connectivity index (χ4v) is 5.20. The highest BCUT2D eigenvalue weighted by Crippen LogP contribution is 2.32. The molecule has 0 aliphatic carbocycles. The lowest BCUT2D eigenvalue weighted by atomic mass is 10.1. The number of benzene rings is 2. The minimum atomic E-state index is -4.48. The molecule has 1 fully saturated rings. The Kier molecular flexibility index (Phi) is 6.34. The van der Waals surface area contributed by atoms with Crippen molar-refractivity contribution in [3.8, 4) is 11.4 Å². The van der Waals surface area contributed by atoms with Crippen LogP contribution >= 0.6 is 0 Å². The van der Waals surface area contributed by atoms with Gasteiger partial charge in [0.05, 0.1) is 10.5 Å². The van der Waals surface area contributed by atoms with Crippen LogP contribution in [-0.4, -0.2) is 48.9 Å². The Morgan fingerprint density at radius 1 is 0.912 bits per heavy atom. The highest BCUT2D eigenvalue weighted by molar-refractivity contribution is 7.89. The summed E-state index contributed by atoms with van der Waals surface area (Å²) >= 11 is 0. The van der Waals surface area contributed by atoms with Crippen LogP contribution in [0, 0.1) is 19.7 Å². The van der Waals surface area contributed by atoms with E-state index in [0.717, 1.165) is 29.8 Å². The van der Waals surface area contributed by atoms with Crippen molar-refractivity contribution in [1.29, 1.82) is 0 Å². The van der Waals surface area contributed by atoms with Crippen LogP contribution in [0.2, 0.25) is 0 Å². The van der Waals surface area contributed by atoms with Crippen LogP contribution in [0.25, 0.3) is 11.4 Å². The van der Waals surface area contributed by atoms with Gasteiger partial charge in [0, 0.05) is 43.0 Å². The van der Waals surface area contributed by atoms with Gasteiger partial charge in [-0.05, 0) is 50.2 Å². The summed E-state index contributed by atoms with van der Waals surface area (Å²) in [6.07, 6.45) is -4.48. The van der Waals surface area contributed by atoms with Crippen molar-refractivity contribution in [1.82, 2.24) is 14.3 Å². The zero-order valence-corrected chi connectivity index (χ0v) is 19.3. The monoisotopic (exact) mass is 494 g/mol. The first-order valence-electron chi connectivity index (χ1n) is 10.5. The Labute approximate surface area is 194 Å². The third kappa shape index (κ3) is 4.76. The zero-order valence-electron chi connectivity index (χ0n) is 18.5. The predicted molar refractivity (Wildman–Crippen MR) is 119 cm³/mol. The van der Waals surface area contributed by atoms with E-state index in [1.807, 2.05) is 11.8 Å². The second kappa shape index (κ2) is 8.95. The van der Waals surface area contributed by atoms with Crippen molar-refractivity contribution in [2.45, 2.75) is 24.9 Å². The molecule has 2 heterocycles. The maximum absolute atomic E-state index is 13.2. The third-order valence-electron chi connectivity index (χ3n) is 5.80. The van der Waals surface area contributed by atoms with Gasteiger partial charge < -0.3 is 4.90 Å². The topological polar surface area (TPSA) is 66.4 Å². The van der Waals surface area contributed by atoms with Crippen LogP contribution in [-0.2, 0) is 16.2 Å². The van der Waals surface area contributed by atoms with Gasteiger partial charge in [-0.3, -0.25) is 0 Å². The van der Waals surface area contributed by atoms with Crippen molar-refractivity contribution in [2.24, 2.45) is 0 Å². The van der Waals surface area contributed by atoms with Gasteiger partial charge in [0.2, 0.25) is 10.0 Å². The molecule has 2 aromatic carbocycles. The molecule has 0 unspecified atom stereocenters. The lowest BCUT2D eigenvalue weighted by molar-refractivity contribution is -0.137. The molecule has 1 aliphatic rings. The van der Waals surface area contributed by atoms with E-state index in [2.05, 4.69) is 9.97 Å². The van der Waals surface area contributed by atoms with E-state index < -0.39 is 27.6 Å². The predicted octanol–water partition coefficient (Wildman–Crippen LogP) is 4.43. The number of rotatable bonds is 4. The fraction of sp³-hybridized carbons (Fsp3) is 0.304. The second-order valence-electron chi connectivity index (χ2n) is 8.00. The summed E-state index contributed by atoms with van der Waals surface area (Å²) in [5.41, 5.74) is 0.856. The number of alkyl halides is 3. The van der Waals surface area contributed by atoms with Crippen LogP contribution in [0.5, 0.6) is 0 Å². The van der Waals surface area contributed by atoms with Crippen LogP contribution in [0.15, 0.2) is 53.4 Å². The number of nitrogens with zero attached hydrogens (tertiary/aromatic N) is 4. The summed E-state index contributed by atoms with van der Waals surface area (Å²) in [6, 6.07) is 9.52. The molecule has 0 radical (unpaired) electrons. The molecule has 4 rings (SSSR count). The quantitative estimate of drug-likeness (QED) is 0.502. The number of piperazine rings is 1. The fourth-order valence-electron chi connectivity index (χ4n) is 3.78. The average molecular weight is 495 g/mol. The second-order valence-corrected chi connectivity index (χ2v) is 9.94. The molecule has 1 aromatic heterocycles. The maximum atomic E-state index is 13.2. The van der Waals surface area contributed by atoms with Gasteiger partial charge in [0.25, 0.3) is 0 Å². The van der Waals surface area contributed by atoms with Crippen molar-refractivity contribution >= 4 is 15.8 Å². The molecule has 0 N–H and O–H groups in total. The summed E-state index contributed by atoms with van der Waals surface area (Å²) in [5, 5.41) is 0. The van der Waals surface area contributed by atoms with Gasteiger partial charge in [-0.2, -0.15) is 17.5 Å². The van der Waals surface area contributed by atoms with E-state index in [0.29, 0.717) is 24.6 Å². The highest BCUT2D eigenvalue weighted by atomic mass is 32.2. The van der Waals surface area contributed by atoms with Crippen LogP contribution < -0.4 is 4.90 Å². The number of sulfonamides is 1. The molecular formula is C23H22F4N4O2S. The third-order valence-corrected chi connectivity index (χ3v) is 7.71. The molecule has 1 saturated heterocycles. The normalized spacial score (nSPS) is 15.5. The molecule has 1 aliphatic heterocycles. The first kappa shape index (κ1) is 24.1. The summed E-state index contributed by atoms with van der Waals surface area (Å²) < 4.78 is 79.7. The van der Waals surface area contributed by atoms with E-state index in [9.17, 15) is 26.0 Å². The van der Waals surface area contributed by atoms with E-state index in [1.165, 1.54) is 28.6 Å². The van der Waals surface area contributed by atoms with Crippen molar-refractivity contribution in [3.63, 3.8) is 0 Å². The molecule has 11 heteroatoms. The Balaban J connectivity index is 1.58. The summed E-state index contributed by atoms with van der Waals surface area (Å²) in [5.74, 6) is 0.208. The molecular weight excluding hydrogens is 472 g/mol. The Hall–Kier alpha value is -3.05. The van der Waals surface area contributed by atoms with E-state index >= 15 is 0 Å². The van der Waals surface area contributed by atoms with Gasteiger partial charge in [-0.1, -0.05) is 12.1 Å². The lowest BCUT2D eigenvalue weighted by Crippen LogP contribution is -2.49. The first-order chi connectivity index (χ1) is 16.0. The Morgan fingerprint density at radius 2 is 1.56 bits per heavy atom. The molecule has 180 valence electrons. The van der Waals surface area contributed by atoms with E-state index in [-0.39, 0.29) is 29.4 Å². The molecule has 34 heavy (non-hydrogen) atoms. The number of aromatic nitrogens is 2. The Morgan fingerprint density at radius 3 is 2.18 bits per heavy atom. The van der Waals surface area contributed by atoms with Crippen molar-refractivity contribution in [3.05, 3.63) is 71.2 Å². The molecule has 0 saturated carbocycles. The summed E-state index contributed by atoms with van der Waals surface area (Å²) in [6.45, 7) is 4.61. The van der Waals surface area contributed by atoms with E-state index in [1.54, 1.807) is 6.92 Å². The molecule has 0 spiro atoms. The number of anilines is 1. The molecule has 6 nitrogen and oxygen atoms in total. The number of hydrogen-bond acceptors (Lipinski definition) is 5. The smallest absolute Gasteiger partial charge is 0.354 e. The minimum Gasteiger partial charge on any atom is -0.354 e. The van der Waals surface area contributed by atoms with E-state index in [4.69, 9.17) is 0 Å². The molecule has 0 amide bonds. The van der Waals surface area contributed by atoms with Crippen molar-refractivity contribution in [2.75, 3.05) is 31.1 Å². The standard InChI is InChI=1S/C23H22F4N4O2S/c1-15-16(2)28-21(17-4-3-5-18(14-17)23(25,26)27)29-22(15)30-10-12-31(13-11-30)34(32,33)20-8-6-19(24)7-9-20/h3-9,14H,10-13H2,1-2H3. The van der Waals surface area contributed by atoms with Gasteiger partial charge in [-0.25, -0.2) is 22.8 Å². The van der Waals surface area contributed by atoms with Crippen LogP contribution in [0.4, 0.5) is 23.4 Å². The zero-order chi connectivity index (χ0) is 24.7. The van der Waals surface area contributed by atoms with Gasteiger partial charge in [0.1, 0.15) is 11.6 Å². The molecule has 0 bridgehead atoms. The largest absolute Gasteiger partial charge is 0.416 e. The summed E-state index contributed by atoms with van der Waals surface area (Å²) in [7, 11) is -3.77. The minimum absolute atomic E-state index is 0.0169. The lowest BCUT2D eigenvalue weighted by Gasteiger charge is -2.35. The number of halogens is 4. The first-order valence-corrected chi connectivity index (χ1v) is 11.9.